The lowest BCUT2D eigenvalue weighted by atomic mass is 10.1. The molecule has 0 amide bonds. The van der Waals surface area contributed by atoms with Crippen LogP contribution >= 0.6 is 0 Å². The SMILES string of the molecule is CC1N=CC=CC1=Nc1ccccc1. The first-order chi connectivity index (χ1) is 6.86. The minimum Gasteiger partial charge on any atom is -0.284 e. The van der Waals surface area contributed by atoms with Crippen LogP contribution < -0.4 is 0 Å². The summed E-state index contributed by atoms with van der Waals surface area (Å²) in [5.41, 5.74) is 2.00. The van der Waals surface area contributed by atoms with E-state index >= 15 is 0 Å². The molecule has 1 unspecified atom stereocenters. The number of benzene rings is 1. The third-order valence-corrected chi connectivity index (χ3v) is 2.11. The molecular weight excluding hydrogens is 172 g/mol. The molecule has 14 heavy (non-hydrogen) atoms. The van der Waals surface area contributed by atoms with E-state index in [9.17, 15) is 0 Å². The quantitative estimate of drug-likeness (QED) is 0.641. The van der Waals surface area contributed by atoms with Gasteiger partial charge in [-0.1, -0.05) is 18.2 Å². The van der Waals surface area contributed by atoms with Crippen molar-refractivity contribution in [1.29, 1.82) is 0 Å². The number of hydrogen-bond acceptors (Lipinski definition) is 2. The Labute approximate surface area is 83.7 Å². The van der Waals surface area contributed by atoms with E-state index in [-0.39, 0.29) is 6.04 Å². The Morgan fingerprint density at radius 3 is 2.71 bits per heavy atom. The summed E-state index contributed by atoms with van der Waals surface area (Å²) >= 11 is 0. The number of rotatable bonds is 1. The molecule has 1 aliphatic rings. The van der Waals surface area contributed by atoms with Gasteiger partial charge >= 0.3 is 0 Å². The predicted molar refractivity (Wildman–Crippen MR) is 60.6 cm³/mol. The van der Waals surface area contributed by atoms with Crippen molar-refractivity contribution in [3.05, 3.63) is 42.5 Å². The van der Waals surface area contributed by atoms with Crippen molar-refractivity contribution in [2.45, 2.75) is 13.0 Å². The Morgan fingerprint density at radius 1 is 1.21 bits per heavy atom. The van der Waals surface area contributed by atoms with Crippen molar-refractivity contribution < 1.29 is 0 Å². The highest BCUT2D eigenvalue weighted by atomic mass is 14.8. The van der Waals surface area contributed by atoms with Gasteiger partial charge in [0.1, 0.15) is 0 Å². The van der Waals surface area contributed by atoms with Gasteiger partial charge in [0.25, 0.3) is 0 Å². The summed E-state index contributed by atoms with van der Waals surface area (Å²) in [5, 5.41) is 0. The molecule has 0 saturated carbocycles. The summed E-state index contributed by atoms with van der Waals surface area (Å²) in [5.74, 6) is 0. The van der Waals surface area contributed by atoms with Crippen LogP contribution in [0.4, 0.5) is 5.69 Å². The molecular formula is C12H12N2. The molecule has 70 valence electrons. The van der Waals surface area contributed by atoms with E-state index in [0.29, 0.717) is 0 Å². The lowest BCUT2D eigenvalue weighted by Crippen LogP contribution is -2.14. The van der Waals surface area contributed by atoms with Crippen LogP contribution in [-0.2, 0) is 0 Å². The van der Waals surface area contributed by atoms with Crippen molar-refractivity contribution >= 4 is 17.6 Å². The Morgan fingerprint density at radius 2 is 2.00 bits per heavy atom. The standard InChI is InChI=1S/C12H12N2/c1-10-12(8-5-9-13-10)14-11-6-3-2-4-7-11/h2-10H,1H3. The van der Waals surface area contributed by atoms with Crippen LogP contribution in [0.1, 0.15) is 6.92 Å². The first-order valence-electron chi connectivity index (χ1n) is 4.70. The minimum atomic E-state index is 0.167. The van der Waals surface area contributed by atoms with E-state index in [1.54, 1.807) is 0 Å². The second kappa shape index (κ2) is 4.01. The largest absolute Gasteiger partial charge is 0.284 e. The van der Waals surface area contributed by atoms with E-state index in [1.165, 1.54) is 0 Å². The number of nitrogens with zero attached hydrogens (tertiary/aromatic N) is 2. The third kappa shape index (κ3) is 1.96. The van der Waals surface area contributed by atoms with Crippen LogP contribution in [0.3, 0.4) is 0 Å². The first-order valence-corrected chi connectivity index (χ1v) is 4.70. The molecule has 1 aromatic carbocycles. The summed E-state index contributed by atoms with van der Waals surface area (Å²) in [6.07, 6.45) is 5.74. The van der Waals surface area contributed by atoms with Crippen LogP contribution in [0.25, 0.3) is 0 Å². The van der Waals surface area contributed by atoms with Crippen LogP contribution in [0.2, 0.25) is 0 Å². The van der Waals surface area contributed by atoms with Gasteiger partial charge in [-0.05, 0) is 31.2 Å². The lowest BCUT2D eigenvalue weighted by Gasteiger charge is -2.09. The molecule has 1 heterocycles. The van der Waals surface area contributed by atoms with Gasteiger partial charge in [0.2, 0.25) is 0 Å². The molecule has 1 aliphatic heterocycles. The van der Waals surface area contributed by atoms with Gasteiger partial charge in [0.15, 0.2) is 0 Å². The normalized spacial score (nSPS) is 22.9. The van der Waals surface area contributed by atoms with Crippen molar-refractivity contribution in [1.82, 2.24) is 0 Å². The van der Waals surface area contributed by atoms with Gasteiger partial charge in [0.05, 0.1) is 17.4 Å². The average molecular weight is 184 g/mol. The van der Waals surface area contributed by atoms with Crippen molar-refractivity contribution in [3.8, 4) is 0 Å². The highest BCUT2D eigenvalue weighted by molar-refractivity contribution is 6.05. The first kappa shape index (κ1) is 8.88. The zero-order valence-corrected chi connectivity index (χ0v) is 8.09. The summed E-state index contributed by atoms with van der Waals surface area (Å²) in [4.78, 5) is 8.78. The molecule has 0 fully saturated rings. The molecule has 2 heteroatoms. The molecule has 0 spiro atoms. The van der Waals surface area contributed by atoms with Gasteiger partial charge in [0, 0.05) is 6.21 Å². The van der Waals surface area contributed by atoms with E-state index in [1.807, 2.05) is 55.6 Å². The Bertz CT molecular complexity index is 388. The number of hydrogen-bond donors (Lipinski definition) is 0. The van der Waals surface area contributed by atoms with Gasteiger partial charge in [-0.15, -0.1) is 0 Å². The number of dihydropyridines is 1. The summed E-state index contributed by atoms with van der Waals surface area (Å²) in [7, 11) is 0. The second-order valence-electron chi connectivity index (χ2n) is 3.21. The van der Waals surface area contributed by atoms with E-state index < -0.39 is 0 Å². The highest BCUT2D eigenvalue weighted by Gasteiger charge is 2.07. The Kier molecular flexibility index (Phi) is 2.54. The van der Waals surface area contributed by atoms with Gasteiger partial charge in [-0.2, -0.15) is 0 Å². The smallest absolute Gasteiger partial charge is 0.0891 e. The summed E-state index contributed by atoms with van der Waals surface area (Å²) in [6.45, 7) is 2.04. The maximum Gasteiger partial charge on any atom is 0.0891 e. The fourth-order valence-electron chi connectivity index (χ4n) is 1.32. The second-order valence-corrected chi connectivity index (χ2v) is 3.21. The van der Waals surface area contributed by atoms with Gasteiger partial charge in [-0.25, -0.2) is 0 Å². The van der Waals surface area contributed by atoms with E-state index in [2.05, 4.69) is 9.98 Å². The average Bonchev–Trinajstić information content (AvgIpc) is 2.23. The topological polar surface area (TPSA) is 24.7 Å². The van der Waals surface area contributed by atoms with Crippen molar-refractivity contribution in [2.24, 2.45) is 9.98 Å². The van der Waals surface area contributed by atoms with E-state index in [0.717, 1.165) is 11.4 Å². The Hall–Kier alpha value is -1.70. The zero-order chi connectivity index (χ0) is 9.80. The molecule has 1 aromatic rings. The molecule has 0 N–H and O–H groups in total. The fourth-order valence-corrected chi connectivity index (χ4v) is 1.32. The Balaban J connectivity index is 2.27. The van der Waals surface area contributed by atoms with Crippen LogP contribution in [0.5, 0.6) is 0 Å². The molecule has 0 aromatic heterocycles. The summed E-state index contributed by atoms with van der Waals surface area (Å²) in [6, 6.07) is 10.1. The lowest BCUT2D eigenvalue weighted by molar-refractivity contribution is 0.980. The number of para-hydroxylation sites is 1. The van der Waals surface area contributed by atoms with Crippen LogP contribution in [0, 0.1) is 0 Å². The number of allylic oxidation sites excluding steroid dienone is 1. The predicted octanol–water partition coefficient (Wildman–Crippen LogP) is 2.79. The summed E-state index contributed by atoms with van der Waals surface area (Å²) < 4.78 is 0. The van der Waals surface area contributed by atoms with E-state index in [4.69, 9.17) is 0 Å². The van der Waals surface area contributed by atoms with Gasteiger partial charge < -0.3 is 0 Å². The minimum absolute atomic E-state index is 0.167. The van der Waals surface area contributed by atoms with Crippen molar-refractivity contribution in [2.75, 3.05) is 0 Å². The monoisotopic (exact) mass is 184 g/mol. The maximum absolute atomic E-state index is 4.52. The molecule has 0 aliphatic carbocycles. The molecule has 0 radical (unpaired) electrons. The molecule has 0 saturated heterocycles. The fraction of sp³-hybridized carbons (Fsp3) is 0.167. The molecule has 1 atom stereocenters. The van der Waals surface area contributed by atoms with Crippen LogP contribution in [0.15, 0.2) is 52.5 Å². The zero-order valence-electron chi connectivity index (χ0n) is 8.09. The molecule has 0 bridgehead atoms. The maximum atomic E-state index is 4.52. The van der Waals surface area contributed by atoms with Crippen LogP contribution in [-0.4, -0.2) is 18.0 Å². The molecule has 2 rings (SSSR count). The van der Waals surface area contributed by atoms with Gasteiger partial charge in [-0.3, -0.25) is 9.98 Å². The highest BCUT2D eigenvalue weighted by Crippen LogP contribution is 2.13. The third-order valence-electron chi connectivity index (χ3n) is 2.11. The van der Waals surface area contributed by atoms with Crippen molar-refractivity contribution in [3.63, 3.8) is 0 Å². The number of aliphatic imine (C=N–C) groups is 2. The molecule has 2 nitrogen and oxygen atoms in total.